The summed E-state index contributed by atoms with van der Waals surface area (Å²) in [5.74, 6) is 0.702. The number of ether oxygens (including phenoxy) is 1. The van der Waals surface area contributed by atoms with Gasteiger partial charge in [0, 0.05) is 0 Å². The van der Waals surface area contributed by atoms with Crippen molar-refractivity contribution in [2.45, 2.75) is 70.5 Å². The smallest absolute Gasteiger partial charge is 0.104 e. The molecule has 0 aromatic carbocycles. The molecule has 1 aliphatic heterocycles. The zero-order chi connectivity index (χ0) is 11.6. The Morgan fingerprint density at radius 2 is 2.00 bits per heavy atom. The average molecular weight is 220 g/mol. The van der Waals surface area contributed by atoms with E-state index in [-0.39, 0.29) is 11.2 Å². The zero-order valence-corrected chi connectivity index (χ0v) is 10.9. The summed E-state index contributed by atoms with van der Waals surface area (Å²) in [7, 11) is 0. The molecule has 1 nitrogen and oxygen atoms in total. The molecule has 1 saturated heterocycles. The minimum Gasteiger partial charge on any atom is -0.362 e. The fourth-order valence-corrected chi connectivity index (χ4v) is 4.58. The van der Waals surface area contributed by atoms with Crippen LogP contribution in [0.5, 0.6) is 0 Å². The Balaban J connectivity index is 1.92. The minimum atomic E-state index is 0.203. The fourth-order valence-electron chi connectivity index (χ4n) is 4.58. The fraction of sp³-hybridized carbons (Fsp3) is 0.867. The summed E-state index contributed by atoms with van der Waals surface area (Å²) < 4.78 is 6.30. The second kappa shape index (κ2) is 2.93. The lowest BCUT2D eigenvalue weighted by molar-refractivity contribution is 0.0348. The molecule has 3 fully saturated rings. The number of hydrogen-bond acceptors (Lipinski definition) is 1. The molecular weight excluding hydrogens is 196 g/mol. The Morgan fingerprint density at radius 1 is 1.25 bits per heavy atom. The lowest BCUT2D eigenvalue weighted by atomic mass is 9.54. The topological polar surface area (TPSA) is 12.5 Å². The summed E-state index contributed by atoms with van der Waals surface area (Å²) in [6.45, 7) is 11.1. The molecule has 0 radical (unpaired) electrons. The second-order valence-corrected chi connectivity index (χ2v) is 6.86. The van der Waals surface area contributed by atoms with Gasteiger partial charge in [-0.25, -0.2) is 0 Å². The standard InChI is InChI=1S/C15H24O/c1-11(2)12-6-9-13(3)7-5-8-14(4)15(13,10-12)16-14/h12H,1,5-10H2,2-4H3/t12-,13-,14+,15-/m1/s1. The number of hydrogen-bond donors (Lipinski definition) is 0. The van der Waals surface area contributed by atoms with Crippen molar-refractivity contribution in [3.63, 3.8) is 0 Å². The number of allylic oxidation sites excluding steroid dienone is 1. The van der Waals surface area contributed by atoms with E-state index >= 15 is 0 Å². The van der Waals surface area contributed by atoms with Crippen LogP contribution in [0.3, 0.4) is 0 Å². The van der Waals surface area contributed by atoms with E-state index in [9.17, 15) is 0 Å². The summed E-state index contributed by atoms with van der Waals surface area (Å²) in [5, 5.41) is 0. The lowest BCUT2D eigenvalue weighted by Gasteiger charge is -2.47. The van der Waals surface area contributed by atoms with E-state index in [0.29, 0.717) is 11.3 Å². The molecule has 1 heterocycles. The van der Waals surface area contributed by atoms with Gasteiger partial charge in [0.15, 0.2) is 0 Å². The van der Waals surface area contributed by atoms with Gasteiger partial charge in [-0.15, -0.1) is 0 Å². The molecule has 1 heteroatoms. The molecule has 0 amide bonds. The van der Waals surface area contributed by atoms with Gasteiger partial charge in [0.25, 0.3) is 0 Å². The second-order valence-electron chi connectivity index (χ2n) is 6.86. The van der Waals surface area contributed by atoms with Crippen LogP contribution in [-0.2, 0) is 4.74 Å². The molecule has 0 unspecified atom stereocenters. The molecule has 2 aliphatic carbocycles. The van der Waals surface area contributed by atoms with E-state index in [2.05, 4.69) is 27.4 Å². The van der Waals surface area contributed by atoms with Crippen molar-refractivity contribution in [3.8, 4) is 0 Å². The van der Waals surface area contributed by atoms with E-state index < -0.39 is 0 Å². The van der Waals surface area contributed by atoms with Gasteiger partial charge in [0.05, 0.1) is 5.60 Å². The van der Waals surface area contributed by atoms with Gasteiger partial charge < -0.3 is 4.74 Å². The van der Waals surface area contributed by atoms with Gasteiger partial charge in [0.2, 0.25) is 0 Å². The molecule has 90 valence electrons. The van der Waals surface area contributed by atoms with Crippen molar-refractivity contribution >= 4 is 0 Å². The van der Waals surface area contributed by atoms with Crippen molar-refractivity contribution in [2.24, 2.45) is 11.3 Å². The van der Waals surface area contributed by atoms with Crippen molar-refractivity contribution < 1.29 is 4.74 Å². The van der Waals surface area contributed by atoms with Crippen molar-refractivity contribution in [1.29, 1.82) is 0 Å². The van der Waals surface area contributed by atoms with Crippen LogP contribution in [0.4, 0.5) is 0 Å². The molecule has 16 heavy (non-hydrogen) atoms. The minimum absolute atomic E-state index is 0.203. The molecule has 4 atom stereocenters. The van der Waals surface area contributed by atoms with Gasteiger partial charge >= 0.3 is 0 Å². The third-order valence-electron chi connectivity index (χ3n) is 5.84. The van der Waals surface area contributed by atoms with Gasteiger partial charge in [-0.3, -0.25) is 0 Å². The lowest BCUT2D eigenvalue weighted by Crippen LogP contribution is -2.48. The van der Waals surface area contributed by atoms with Crippen LogP contribution in [-0.4, -0.2) is 11.2 Å². The monoisotopic (exact) mass is 220 g/mol. The van der Waals surface area contributed by atoms with Crippen LogP contribution in [0.25, 0.3) is 0 Å². The van der Waals surface area contributed by atoms with Crippen LogP contribution in [0.15, 0.2) is 12.2 Å². The number of rotatable bonds is 1. The summed E-state index contributed by atoms with van der Waals surface area (Å²) in [6.07, 6.45) is 7.88. The Kier molecular flexibility index (Phi) is 1.98. The average Bonchev–Trinajstić information content (AvgIpc) is 2.80. The van der Waals surface area contributed by atoms with Gasteiger partial charge in [-0.05, 0) is 63.7 Å². The van der Waals surface area contributed by atoms with Crippen LogP contribution in [0.1, 0.15) is 59.3 Å². The quantitative estimate of drug-likeness (QED) is 0.479. The first-order chi connectivity index (χ1) is 7.43. The van der Waals surface area contributed by atoms with E-state index in [1.54, 1.807) is 0 Å². The van der Waals surface area contributed by atoms with Gasteiger partial charge in [-0.2, -0.15) is 0 Å². The Bertz CT molecular complexity index is 347. The maximum atomic E-state index is 6.30. The third-order valence-corrected chi connectivity index (χ3v) is 5.84. The van der Waals surface area contributed by atoms with Crippen LogP contribution >= 0.6 is 0 Å². The van der Waals surface area contributed by atoms with Crippen molar-refractivity contribution in [3.05, 3.63) is 12.2 Å². The highest BCUT2D eigenvalue weighted by molar-refractivity contribution is 5.26. The largest absolute Gasteiger partial charge is 0.362 e. The Hall–Kier alpha value is -0.300. The Morgan fingerprint density at radius 3 is 2.69 bits per heavy atom. The molecule has 2 saturated carbocycles. The first-order valence-corrected chi connectivity index (χ1v) is 6.78. The highest BCUT2D eigenvalue weighted by Gasteiger charge is 2.76. The van der Waals surface area contributed by atoms with E-state index in [0.717, 1.165) is 0 Å². The summed E-state index contributed by atoms with van der Waals surface area (Å²) >= 11 is 0. The molecule has 3 aliphatic rings. The summed E-state index contributed by atoms with van der Waals surface area (Å²) in [5.41, 5.74) is 2.22. The molecule has 0 aromatic rings. The van der Waals surface area contributed by atoms with Crippen molar-refractivity contribution in [2.75, 3.05) is 0 Å². The predicted octanol–water partition coefficient (Wildman–Crippen LogP) is 4.08. The van der Waals surface area contributed by atoms with Gasteiger partial charge in [0.1, 0.15) is 5.60 Å². The molecular formula is C15H24O. The first-order valence-electron chi connectivity index (χ1n) is 6.78. The third kappa shape index (κ3) is 1.11. The maximum Gasteiger partial charge on any atom is 0.104 e. The van der Waals surface area contributed by atoms with E-state index in [4.69, 9.17) is 4.74 Å². The van der Waals surface area contributed by atoms with Crippen LogP contribution < -0.4 is 0 Å². The number of epoxide rings is 1. The highest BCUT2D eigenvalue weighted by atomic mass is 16.6. The van der Waals surface area contributed by atoms with Crippen molar-refractivity contribution in [1.82, 2.24) is 0 Å². The first kappa shape index (κ1) is 10.8. The predicted molar refractivity (Wildman–Crippen MR) is 66.3 cm³/mol. The maximum absolute atomic E-state index is 6.30. The Labute approximate surface area is 99.3 Å². The molecule has 0 bridgehead atoms. The van der Waals surface area contributed by atoms with Gasteiger partial charge in [-0.1, -0.05) is 19.1 Å². The van der Waals surface area contributed by atoms with Crippen LogP contribution in [0.2, 0.25) is 0 Å². The molecule has 0 N–H and O–H groups in total. The van der Waals surface area contributed by atoms with Crippen LogP contribution in [0, 0.1) is 11.3 Å². The van der Waals surface area contributed by atoms with E-state index in [1.165, 1.54) is 44.1 Å². The molecule has 3 rings (SSSR count). The SMILES string of the molecule is C=C(C)[C@@H]1CC[C@@]2(C)CCC[C@]3(C)O[C@]23C1. The van der Waals surface area contributed by atoms with E-state index in [1.807, 2.05) is 0 Å². The zero-order valence-electron chi connectivity index (χ0n) is 10.9. The molecule has 1 spiro atoms. The highest BCUT2D eigenvalue weighted by Crippen LogP contribution is 2.71. The molecule has 0 aromatic heterocycles. The summed E-state index contributed by atoms with van der Waals surface area (Å²) in [6, 6.07) is 0. The normalized spacial score (nSPS) is 55.1. The summed E-state index contributed by atoms with van der Waals surface area (Å²) in [4.78, 5) is 0.